The van der Waals surface area contributed by atoms with Gasteiger partial charge in [0.1, 0.15) is 5.82 Å². The molecular formula is C12H24N4O2S. The van der Waals surface area contributed by atoms with Gasteiger partial charge >= 0.3 is 0 Å². The van der Waals surface area contributed by atoms with Crippen LogP contribution in [0.3, 0.4) is 0 Å². The number of nitrogens with zero attached hydrogens (tertiary/aromatic N) is 2. The van der Waals surface area contributed by atoms with Crippen molar-refractivity contribution in [1.29, 1.82) is 0 Å². The van der Waals surface area contributed by atoms with Crippen molar-refractivity contribution >= 4 is 10.0 Å². The minimum atomic E-state index is -3.53. The Morgan fingerprint density at radius 3 is 2.53 bits per heavy atom. The summed E-state index contributed by atoms with van der Waals surface area (Å²) in [5, 5.41) is 0.145. The zero-order valence-corrected chi connectivity index (χ0v) is 12.9. The summed E-state index contributed by atoms with van der Waals surface area (Å²) in [7, 11) is -3.53. The first-order chi connectivity index (χ1) is 8.73. The highest BCUT2D eigenvalue weighted by Gasteiger charge is 2.30. The molecule has 1 rings (SSSR count). The van der Waals surface area contributed by atoms with Crippen LogP contribution in [-0.4, -0.2) is 42.3 Å². The van der Waals surface area contributed by atoms with Gasteiger partial charge < -0.3 is 10.7 Å². The predicted octanol–water partition coefficient (Wildman–Crippen LogP) is 1.10. The second kappa shape index (κ2) is 6.02. The van der Waals surface area contributed by atoms with Gasteiger partial charge in [-0.1, -0.05) is 20.8 Å². The molecular weight excluding hydrogens is 264 g/mol. The molecule has 1 aromatic rings. The van der Waals surface area contributed by atoms with E-state index in [1.807, 2.05) is 20.8 Å². The van der Waals surface area contributed by atoms with E-state index >= 15 is 0 Å². The number of nitrogens with one attached hydrogen (secondary N) is 1. The lowest BCUT2D eigenvalue weighted by atomic mass is 9.94. The van der Waals surface area contributed by atoms with Gasteiger partial charge in [0.15, 0.2) is 5.03 Å². The van der Waals surface area contributed by atoms with E-state index in [0.717, 1.165) is 6.42 Å². The molecule has 6 nitrogen and oxygen atoms in total. The Hall–Kier alpha value is -0.920. The Bertz CT molecular complexity index is 508. The standard InChI is InChI=1S/C12H24N4O2S/c1-5-6-16(9-12(3,4)8-13)19(17,18)11-7-14-10(2)15-11/h7H,5-6,8-9,13H2,1-4H3,(H,14,15). The smallest absolute Gasteiger partial charge is 0.260 e. The van der Waals surface area contributed by atoms with Crippen LogP contribution in [0.25, 0.3) is 0 Å². The van der Waals surface area contributed by atoms with Gasteiger partial charge in [0.05, 0.1) is 6.20 Å². The minimum Gasteiger partial charge on any atom is -0.332 e. The second-order valence-corrected chi connectivity index (χ2v) is 7.45. The van der Waals surface area contributed by atoms with Crippen LogP contribution in [0.15, 0.2) is 11.2 Å². The van der Waals surface area contributed by atoms with Crippen LogP contribution >= 0.6 is 0 Å². The molecule has 0 aromatic carbocycles. The highest BCUT2D eigenvalue weighted by Crippen LogP contribution is 2.21. The molecule has 0 fully saturated rings. The van der Waals surface area contributed by atoms with Crippen molar-refractivity contribution in [3.05, 3.63) is 12.0 Å². The summed E-state index contributed by atoms with van der Waals surface area (Å²) in [6.45, 7) is 8.92. The van der Waals surface area contributed by atoms with Crippen LogP contribution in [0.1, 0.15) is 33.0 Å². The van der Waals surface area contributed by atoms with Gasteiger partial charge in [-0.3, -0.25) is 0 Å². The van der Waals surface area contributed by atoms with E-state index in [1.165, 1.54) is 10.5 Å². The quantitative estimate of drug-likeness (QED) is 0.786. The molecule has 0 aliphatic heterocycles. The van der Waals surface area contributed by atoms with Gasteiger partial charge in [0.2, 0.25) is 0 Å². The van der Waals surface area contributed by atoms with Crippen molar-refractivity contribution in [2.24, 2.45) is 11.1 Å². The first-order valence-corrected chi connectivity index (χ1v) is 7.89. The fourth-order valence-corrected chi connectivity index (χ4v) is 3.43. The van der Waals surface area contributed by atoms with Gasteiger partial charge in [-0.15, -0.1) is 0 Å². The number of rotatable bonds is 7. The van der Waals surface area contributed by atoms with Crippen molar-refractivity contribution in [1.82, 2.24) is 14.3 Å². The fourth-order valence-electron chi connectivity index (χ4n) is 1.74. The summed E-state index contributed by atoms with van der Waals surface area (Å²) in [5.41, 5.74) is 5.44. The lowest BCUT2D eigenvalue weighted by Crippen LogP contribution is -2.42. The largest absolute Gasteiger partial charge is 0.332 e. The number of aryl methyl sites for hydroxylation is 1. The van der Waals surface area contributed by atoms with Gasteiger partial charge in [-0.2, -0.15) is 4.31 Å². The van der Waals surface area contributed by atoms with E-state index in [4.69, 9.17) is 5.73 Å². The molecule has 0 unspecified atom stereocenters. The Balaban J connectivity index is 3.04. The zero-order chi connectivity index (χ0) is 14.7. The van der Waals surface area contributed by atoms with E-state index in [1.54, 1.807) is 6.92 Å². The second-order valence-electron chi connectivity index (χ2n) is 5.54. The van der Waals surface area contributed by atoms with E-state index < -0.39 is 10.0 Å². The maximum absolute atomic E-state index is 12.5. The zero-order valence-electron chi connectivity index (χ0n) is 12.1. The molecule has 110 valence electrons. The van der Waals surface area contributed by atoms with E-state index in [2.05, 4.69) is 9.97 Å². The summed E-state index contributed by atoms with van der Waals surface area (Å²) in [6, 6.07) is 0. The Morgan fingerprint density at radius 2 is 2.11 bits per heavy atom. The summed E-state index contributed by atoms with van der Waals surface area (Å²) in [5.74, 6) is 0.591. The highest BCUT2D eigenvalue weighted by molar-refractivity contribution is 7.89. The van der Waals surface area contributed by atoms with Crippen molar-refractivity contribution < 1.29 is 8.42 Å². The van der Waals surface area contributed by atoms with E-state index in [9.17, 15) is 8.42 Å². The number of aromatic nitrogens is 2. The average Bonchev–Trinajstić information content (AvgIpc) is 2.76. The molecule has 19 heavy (non-hydrogen) atoms. The van der Waals surface area contributed by atoms with E-state index in [-0.39, 0.29) is 10.4 Å². The number of hydrogen-bond donors (Lipinski definition) is 2. The van der Waals surface area contributed by atoms with Gasteiger partial charge in [-0.25, -0.2) is 13.4 Å². The van der Waals surface area contributed by atoms with Crippen LogP contribution in [-0.2, 0) is 10.0 Å². The monoisotopic (exact) mass is 288 g/mol. The molecule has 0 aliphatic rings. The average molecular weight is 288 g/mol. The van der Waals surface area contributed by atoms with Crippen LogP contribution in [0, 0.1) is 12.3 Å². The lowest BCUT2D eigenvalue weighted by Gasteiger charge is -2.30. The normalized spacial score (nSPS) is 13.2. The summed E-state index contributed by atoms with van der Waals surface area (Å²) in [4.78, 5) is 6.74. The SMILES string of the molecule is CCCN(CC(C)(C)CN)S(=O)(=O)c1cnc(C)[nH]1. The van der Waals surface area contributed by atoms with Crippen LogP contribution < -0.4 is 5.73 Å². The number of nitrogens with two attached hydrogens (primary N) is 1. The Labute approximate surface area is 115 Å². The number of hydrogen-bond acceptors (Lipinski definition) is 4. The molecule has 0 radical (unpaired) electrons. The Kier molecular flexibility index (Phi) is 5.11. The third-order valence-electron chi connectivity index (χ3n) is 2.93. The van der Waals surface area contributed by atoms with E-state index in [0.29, 0.717) is 25.5 Å². The molecule has 0 amide bonds. The molecule has 1 aromatic heterocycles. The molecule has 7 heteroatoms. The van der Waals surface area contributed by atoms with Gasteiger partial charge in [0, 0.05) is 13.1 Å². The van der Waals surface area contributed by atoms with Gasteiger partial charge in [-0.05, 0) is 25.3 Å². The first-order valence-electron chi connectivity index (χ1n) is 6.45. The van der Waals surface area contributed by atoms with Crippen LogP contribution in [0.2, 0.25) is 0 Å². The molecule has 0 saturated carbocycles. The van der Waals surface area contributed by atoms with Crippen LogP contribution in [0.5, 0.6) is 0 Å². The minimum absolute atomic E-state index is 0.145. The maximum atomic E-state index is 12.5. The molecule has 0 saturated heterocycles. The number of imidazole rings is 1. The van der Waals surface area contributed by atoms with Crippen molar-refractivity contribution in [2.45, 2.75) is 39.1 Å². The highest BCUT2D eigenvalue weighted by atomic mass is 32.2. The topological polar surface area (TPSA) is 92.1 Å². The third-order valence-corrected chi connectivity index (χ3v) is 4.68. The fraction of sp³-hybridized carbons (Fsp3) is 0.750. The maximum Gasteiger partial charge on any atom is 0.260 e. The number of H-pyrrole nitrogens is 1. The first kappa shape index (κ1) is 16.1. The summed E-state index contributed by atoms with van der Waals surface area (Å²) >= 11 is 0. The van der Waals surface area contributed by atoms with Crippen molar-refractivity contribution in [2.75, 3.05) is 19.6 Å². The number of aromatic amines is 1. The third kappa shape index (κ3) is 4.02. The molecule has 0 spiro atoms. The summed E-state index contributed by atoms with van der Waals surface area (Å²) in [6.07, 6.45) is 2.12. The molecule has 0 atom stereocenters. The molecule has 1 heterocycles. The predicted molar refractivity (Wildman–Crippen MR) is 75.2 cm³/mol. The van der Waals surface area contributed by atoms with Gasteiger partial charge in [0.25, 0.3) is 10.0 Å². The molecule has 0 aliphatic carbocycles. The Morgan fingerprint density at radius 1 is 1.47 bits per heavy atom. The molecule has 0 bridgehead atoms. The van der Waals surface area contributed by atoms with Crippen molar-refractivity contribution in [3.63, 3.8) is 0 Å². The lowest BCUT2D eigenvalue weighted by molar-refractivity contribution is 0.266. The van der Waals surface area contributed by atoms with Crippen molar-refractivity contribution in [3.8, 4) is 0 Å². The summed E-state index contributed by atoms with van der Waals surface area (Å²) < 4.78 is 26.6. The van der Waals surface area contributed by atoms with Crippen LogP contribution in [0.4, 0.5) is 0 Å². The molecule has 3 N–H and O–H groups in total. The number of sulfonamides is 1.